The van der Waals surface area contributed by atoms with Gasteiger partial charge in [-0.2, -0.15) is 0 Å². The molecular formula is C14H21NO2S. The van der Waals surface area contributed by atoms with E-state index in [0.29, 0.717) is 13.0 Å². The molecule has 4 heteroatoms. The largest absolute Gasteiger partial charge is 0.395 e. The van der Waals surface area contributed by atoms with Crippen LogP contribution in [-0.4, -0.2) is 40.9 Å². The van der Waals surface area contributed by atoms with Crippen LogP contribution in [0.1, 0.15) is 20.3 Å². The van der Waals surface area contributed by atoms with E-state index in [-0.39, 0.29) is 18.6 Å². The van der Waals surface area contributed by atoms with Crippen LogP contribution in [0.25, 0.3) is 0 Å². The van der Waals surface area contributed by atoms with Crippen molar-refractivity contribution < 1.29 is 9.90 Å². The topological polar surface area (TPSA) is 40.5 Å². The first-order valence-corrected chi connectivity index (χ1v) is 7.22. The van der Waals surface area contributed by atoms with E-state index < -0.39 is 0 Å². The van der Waals surface area contributed by atoms with Gasteiger partial charge >= 0.3 is 0 Å². The molecule has 1 amide bonds. The second-order valence-corrected chi connectivity index (χ2v) is 5.48. The van der Waals surface area contributed by atoms with E-state index in [9.17, 15) is 4.79 Å². The highest BCUT2D eigenvalue weighted by Gasteiger charge is 2.15. The van der Waals surface area contributed by atoms with Crippen molar-refractivity contribution in [3.05, 3.63) is 30.3 Å². The quantitative estimate of drug-likeness (QED) is 0.771. The van der Waals surface area contributed by atoms with Gasteiger partial charge in [-0.3, -0.25) is 4.79 Å². The number of thioether (sulfide) groups is 1. The van der Waals surface area contributed by atoms with Gasteiger partial charge in [-0.05, 0) is 26.0 Å². The minimum atomic E-state index is 0.0236. The normalized spacial score (nSPS) is 10.7. The van der Waals surface area contributed by atoms with Crippen molar-refractivity contribution in [3.8, 4) is 0 Å². The fraction of sp³-hybridized carbons (Fsp3) is 0.500. The lowest BCUT2D eigenvalue weighted by molar-refractivity contribution is -0.132. The van der Waals surface area contributed by atoms with Crippen molar-refractivity contribution in [1.29, 1.82) is 0 Å². The average Bonchev–Trinajstić information content (AvgIpc) is 2.36. The maximum atomic E-state index is 12.0. The van der Waals surface area contributed by atoms with Crippen LogP contribution in [0.4, 0.5) is 0 Å². The van der Waals surface area contributed by atoms with Gasteiger partial charge in [-0.1, -0.05) is 18.2 Å². The number of amides is 1. The molecule has 18 heavy (non-hydrogen) atoms. The average molecular weight is 267 g/mol. The van der Waals surface area contributed by atoms with Gasteiger partial charge in [0.05, 0.1) is 6.61 Å². The number of aliphatic hydroxyl groups excluding tert-OH is 1. The monoisotopic (exact) mass is 267 g/mol. The Kier molecular flexibility index (Phi) is 6.83. The lowest BCUT2D eigenvalue weighted by Gasteiger charge is -2.25. The summed E-state index contributed by atoms with van der Waals surface area (Å²) in [6, 6.07) is 10.2. The molecule has 1 rings (SSSR count). The number of rotatable bonds is 7. The van der Waals surface area contributed by atoms with Crippen LogP contribution in [0.2, 0.25) is 0 Å². The molecule has 0 aliphatic carbocycles. The summed E-state index contributed by atoms with van der Waals surface area (Å²) in [5.41, 5.74) is 0. The molecule has 0 heterocycles. The Labute approximate surface area is 113 Å². The van der Waals surface area contributed by atoms with Gasteiger partial charge in [-0.25, -0.2) is 0 Å². The van der Waals surface area contributed by atoms with Crippen LogP contribution in [0.5, 0.6) is 0 Å². The molecular weight excluding hydrogens is 246 g/mol. The van der Waals surface area contributed by atoms with Crippen molar-refractivity contribution in [2.75, 3.05) is 18.9 Å². The van der Waals surface area contributed by atoms with Gasteiger partial charge in [0.15, 0.2) is 0 Å². The van der Waals surface area contributed by atoms with E-state index in [4.69, 9.17) is 5.11 Å². The van der Waals surface area contributed by atoms with Crippen molar-refractivity contribution in [3.63, 3.8) is 0 Å². The molecule has 0 atom stereocenters. The van der Waals surface area contributed by atoms with Gasteiger partial charge < -0.3 is 10.0 Å². The summed E-state index contributed by atoms with van der Waals surface area (Å²) in [5, 5.41) is 8.94. The van der Waals surface area contributed by atoms with E-state index in [2.05, 4.69) is 0 Å². The zero-order chi connectivity index (χ0) is 13.4. The Balaban J connectivity index is 2.36. The number of benzene rings is 1. The smallest absolute Gasteiger partial charge is 0.223 e. The number of aliphatic hydroxyl groups is 1. The third-order valence-electron chi connectivity index (χ3n) is 2.61. The second-order valence-electron chi connectivity index (χ2n) is 4.32. The minimum absolute atomic E-state index is 0.0236. The summed E-state index contributed by atoms with van der Waals surface area (Å²) in [6.07, 6.45) is 0.512. The fourth-order valence-electron chi connectivity index (χ4n) is 1.70. The van der Waals surface area contributed by atoms with Gasteiger partial charge in [0, 0.05) is 29.7 Å². The van der Waals surface area contributed by atoms with Gasteiger partial charge in [0.25, 0.3) is 0 Å². The number of carbonyl (C=O) groups is 1. The lowest BCUT2D eigenvalue weighted by Crippen LogP contribution is -2.39. The molecule has 100 valence electrons. The Bertz CT molecular complexity index is 354. The van der Waals surface area contributed by atoms with Crippen LogP contribution >= 0.6 is 11.8 Å². The first-order valence-electron chi connectivity index (χ1n) is 6.23. The molecule has 1 N–H and O–H groups in total. The molecule has 0 bridgehead atoms. The third kappa shape index (κ3) is 5.10. The summed E-state index contributed by atoms with van der Waals surface area (Å²) in [6.45, 7) is 4.39. The molecule has 0 aromatic heterocycles. The SMILES string of the molecule is CC(C)N(CCO)C(=O)CCSc1ccccc1. The maximum Gasteiger partial charge on any atom is 0.223 e. The number of hydrogen-bond acceptors (Lipinski definition) is 3. The Hall–Kier alpha value is -1.00. The van der Waals surface area contributed by atoms with Crippen molar-refractivity contribution in [1.82, 2.24) is 4.90 Å². The van der Waals surface area contributed by atoms with Crippen LogP contribution in [0.15, 0.2) is 35.2 Å². The van der Waals surface area contributed by atoms with E-state index >= 15 is 0 Å². The fourth-order valence-corrected chi connectivity index (χ4v) is 2.56. The summed E-state index contributed by atoms with van der Waals surface area (Å²) in [5.74, 6) is 0.889. The molecule has 0 radical (unpaired) electrons. The Morgan fingerprint density at radius 2 is 2.00 bits per heavy atom. The lowest BCUT2D eigenvalue weighted by atomic mass is 10.3. The van der Waals surface area contributed by atoms with Gasteiger partial charge in [-0.15, -0.1) is 11.8 Å². The first kappa shape index (κ1) is 15.1. The predicted octanol–water partition coefficient (Wildman–Crippen LogP) is 2.40. The minimum Gasteiger partial charge on any atom is -0.395 e. The molecule has 0 saturated carbocycles. The molecule has 0 saturated heterocycles. The highest BCUT2D eigenvalue weighted by Crippen LogP contribution is 2.18. The molecule has 0 aliphatic rings. The van der Waals surface area contributed by atoms with Crippen LogP contribution in [0.3, 0.4) is 0 Å². The highest BCUT2D eigenvalue weighted by atomic mass is 32.2. The third-order valence-corrected chi connectivity index (χ3v) is 3.63. The number of carbonyl (C=O) groups excluding carboxylic acids is 1. The summed E-state index contributed by atoms with van der Waals surface area (Å²) >= 11 is 1.69. The molecule has 1 aromatic carbocycles. The van der Waals surface area contributed by atoms with E-state index in [0.717, 1.165) is 5.75 Å². The second kappa shape index (κ2) is 8.16. The van der Waals surface area contributed by atoms with Crippen LogP contribution in [0, 0.1) is 0 Å². The molecule has 1 aromatic rings. The number of nitrogens with zero attached hydrogens (tertiary/aromatic N) is 1. The maximum absolute atomic E-state index is 12.0. The summed E-state index contributed by atoms with van der Waals surface area (Å²) in [4.78, 5) is 14.9. The zero-order valence-electron chi connectivity index (χ0n) is 11.0. The van der Waals surface area contributed by atoms with E-state index in [1.54, 1.807) is 16.7 Å². The standard InChI is InChI=1S/C14H21NO2S/c1-12(2)15(9-10-16)14(17)8-11-18-13-6-4-3-5-7-13/h3-7,12,16H,8-11H2,1-2H3. The first-order chi connectivity index (χ1) is 8.65. The molecule has 0 spiro atoms. The molecule has 0 fully saturated rings. The Morgan fingerprint density at radius 1 is 1.33 bits per heavy atom. The van der Waals surface area contributed by atoms with Crippen LogP contribution in [-0.2, 0) is 4.79 Å². The summed E-state index contributed by atoms with van der Waals surface area (Å²) in [7, 11) is 0. The van der Waals surface area contributed by atoms with Crippen molar-refractivity contribution >= 4 is 17.7 Å². The van der Waals surface area contributed by atoms with E-state index in [1.165, 1.54) is 4.90 Å². The van der Waals surface area contributed by atoms with E-state index in [1.807, 2.05) is 44.2 Å². The van der Waals surface area contributed by atoms with Crippen LogP contribution < -0.4 is 0 Å². The molecule has 0 unspecified atom stereocenters. The van der Waals surface area contributed by atoms with Crippen molar-refractivity contribution in [2.24, 2.45) is 0 Å². The Morgan fingerprint density at radius 3 is 2.56 bits per heavy atom. The predicted molar refractivity (Wildman–Crippen MR) is 75.7 cm³/mol. The molecule has 3 nitrogen and oxygen atoms in total. The summed E-state index contributed by atoms with van der Waals surface area (Å²) < 4.78 is 0. The molecule has 0 aliphatic heterocycles. The highest BCUT2D eigenvalue weighted by molar-refractivity contribution is 7.99. The zero-order valence-corrected chi connectivity index (χ0v) is 11.8. The van der Waals surface area contributed by atoms with Gasteiger partial charge in [0.1, 0.15) is 0 Å². The van der Waals surface area contributed by atoms with Crippen molar-refractivity contribution in [2.45, 2.75) is 31.2 Å². The van der Waals surface area contributed by atoms with Gasteiger partial charge in [0.2, 0.25) is 5.91 Å². The number of hydrogen-bond donors (Lipinski definition) is 1.